The summed E-state index contributed by atoms with van der Waals surface area (Å²) in [5.41, 5.74) is -3.74. The highest BCUT2D eigenvalue weighted by Crippen LogP contribution is 2.32. The molecule has 7 nitrogen and oxygen atoms in total. The molecule has 1 aromatic rings. The maximum atomic E-state index is 12.4. The summed E-state index contributed by atoms with van der Waals surface area (Å²) in [7, 11) is -4.65. The number of ether oxygens (including phenoxy) is 1. The van der Waals surface area contributed by atoms with Crippen molar-refractivity contribution in [2.45, 2.75) is 30.0 Å². The molecule has 0 bridgehead atoms. The lowest BCUT2D eigenvalue weighted by molar-refractivity contribution is -0.256. The van der Waals surface area contributed by atoms with Crippen LogP contribution in [-0.4, -0.2) is 47.5 Å². The highest BCUT2D eigenvalue weighted by molar-refractivity contribution is 7.85. The van der Waals surface area contributed by atoms with Gasteiger partial charge in [0.05, 0.1) is 11.5 Å². The monoisotopic (exact) mass is 358 g/mol. The van der Waals surface area contributed by atoms with E-state index in [1.165, 1.54) is 0 Å². The third-order valence-corrected chi connectivity index (χ3v) is 3.77. The fourth-order valence-corrected chi connectivity index (χ4v) is 1.91. The average Bonchev–Trinajstić information content (AvgIpc) is 2.36. The Morgan fingerprint density at radius 2 is 1.87 bits per heavy atom. The van der Waals surface area contributed by atoms with Crippen molar-refractivity contribution in [2.75, 3.05) is 6.61 Å². The molecule has 1 aromatic carbocycles. The maximum Gasteiger partial charge on any atom is 0.417 e. The first-order valence-electron chi connectivity index (χ1n) is 6.02. The summed E-state index contributed by atoms with van der Waals surface area (Å²) in [6.07, 6.45) is -5.88. The molecule has 0 saturated heterocycles. The number of hydrogen-bond donors (Lipinski definition) is 3. The minimum absolute atomic E-state index is 0.497. The van der Waals surface area contributed by atoms with Crippen LogP contribution in [-0.2, 0) is 14.9 Å². The second kappa shape index (κ2) is 6.34. The van der Waals surface area contributed by atoms with Crippen LogP contribution in [0.5, 0.6) is 5.75 Å². The number of benzene rings is 1. The van der Waals surface area contributed by atoms with E-state index in [2.05, 4.69) is 4.74 Å². The number of esters is 1. The van der Waals surface area contributed by atoms with Gasteiger partial charge in [0.15, 0.2) is 5.60 Å². The van der Waals surface area contributed by atoms with Crippen molar-refractivity contribution in [1.82, 2.24) is 0 Å². The summed E-state index contributed by atoms with van der Waals surface area (Å²) in [4.78, 5) is 11.0. The van der Waals surface area contributed by atoms with E-state index >= 15 is 0 Å². The number of aromatic hydroxyl groups is 1. The molecule has 0 heterocycles. The molecule has 0 radical (unpaired) electrons. The normalized spacial score (nSPS) is 15.0. The number of carbonyl (C=O) groups excluding carboxylic acids is 1. The Morgan fingerprint density at radius 1 is 1.30 bits per heavy atom. The zero-order valence-electron chi connectivity index (χ0n) is 11.7. The van der Waals surface area contributed by atoms with Crippen LogP contribution in [0.25, 0.3) is 0 Å². The molecule has 0 fully saturated rings. The Labute approximate surface area is 129 Å². The zero-order valence-corrected chi connectivity index (χ0v) is 12.5. The van der Waals surface area contributed by atoms with Gasteiger partial charge in [-0.05, 0) is 25.1 Å². The third-order valence-electron chi connectivity index (χ3n) is 2.92. The molecule has 1 unspecified atom stereocenters. The van der Waals surface area contributed by atoms with Gasteiger partial charge in [-0.15, -0.1) is 0 Å². The first-order valence-corrected chi connectivity index (χ1v) is 7.46. The lowest BCUT2D eigenvalue weighted by Gasteiger charge is -2.25. The molecule has 11 heteroatoms. The minimum atomic E-state index is -4.92. The van der Waals surface area contributed by atoms with Crippen LogP contribution in [0.3, 0.4) is 0 Å². The molecular weight excluding hydrogens is 345 g/mol. The topological polar surface area (TPSA) is 121 Å². The van der Waals surface area contributed by atoms with E-state index in [-0.39, 0.29) is 0 Å². The van der Waals surface area contributed by atoms with E-state index in [0.29, 0.717) is 13.0 Å². The number of alkyl halides is 3. The second-order valence-electron chi connectivity index (χ2n) is 4.81. The largest absolute Gasteiger partial charge is 0.507 e. The molecule has 0 aromatic heterocycles. The van der Waals surface area contributed by atoms with Crippen LogP contribution in [0.4, 0.5) is 13.2 Å². The summed E-state index contributed by atoms with van der Waals surface area (Å²) in [6, 6.07) is 2.22. The van der Waals surface area contributed by atoms with Gasteiger partial charge in [-0.3, -0.25) is 4.55 Å². The second-order valence-corrected chi connectivity index (χ2v) is 6.23. The predicted molar refractivity (Wildman–Crippen MR) is 69.5 cm³/mol. The van der Waals surface area contributed by atoms with Gasteiger partial charge >= 0.3 is 12.1 Å². The lowest BCUT2D eigenvalue weighted by atomic mass is 10.0. The van der Waals surface area contributed by atoms with Gasteiger partial charge in [0, 0.05) is 6.42 Å². The molecule has 1 atom stereocenters. The van der Waals surface area contributed by atoms with Crippen molar-refractivity contribution in [1.29, 1.82) is 0 Å². The van der Waals surface area contributed by atoms with Crippen molar-refractivity contribution in [3.63, 3.8) is 0 Å². The summed E-state index contributed by atoms with van der Waals surface area (Å²) < 4.78 is 72.4. The predicted octanol–water partition coefficient (Wildman–Crippen LogP) is 1.50. The van der Waals surface area contributed by atoms with Gasteiger partial charge in [-0.25, -0.2) is 4.79 Å². The van der Waals surface area contributed by atoms with Crippen LogP contribution in [0.2, 0.25) is 0 Å². The number of halogens is 3. The van der Waals surface area contributed by atoms with Gasteiger partial charge in [0.2, 0.25) is 0 Å². The van der Waals surface area contributed by atoms with Crippen molar-refractivity contribution < 1.29 is 45.9 Å². The maximum absolute atomic E-state index is 12.4. The molecule has 1 rings (SSSR count). The SMILES string of the molecule is CC(O)(CCOC(=O)c1cc(S(=O)(=O)O)ccc1O)C(F)(F)F. The molecule has 0 saturated carbocycles. The zero-order chi connectivity index (χ0) is 18.1. The van der Waals surface area contributed by atoms with E-state index in [4.69, 9.17) is 9.66 Å². The van der Waals surface area contributed by atoms with Crippen molar-refractivity contribution in [3.05, 3.63) is 23.8 Å². The number of carbonyl (C=O) groups is 1. The highest BCUT2D eigenvalue weighted by Gasteiger charge is 2.49. The molecule has 0 amide bonds. The van der Waals surface area contributed by atoms with E-state index in [9.17, 15) is 31.5 Å². The Kier molecular flexibility index (Phi) is 5.29. The Balaban J connectivity index is 2.84. The summed E-state index contributed by atoms with van der Waals surface area (Å²) in [5, 5.41) is 18.6. The van der Waals surface area contributed by atoms with Crippen molar-refractivity contribution in [2.24, 2.45) is 0 Å². The summed E-state index contributed by atoms with van der Waals surface area (Å²) >= 11 is 0. The Hall–Kier alpha value is -1.85. The molecule has 0 aliphatic heterocycles. The Morgan fingerprint density at radius 3 is 2.35 bits per heavy atom. The molecule has 0 spiro atoms. The lowest BCUT2D eigenvalue weighted by Crippen LogP contribution is -2.43. The molecule has 3 N–H and O–H groups in total. The molecule has 0 aliphatic rings. The van der Waals surface area contributed by atoms with Crippen LogP contribution < -0.4 is 0 Å². The van der Waals surface area contributed by atoms with Crippen molar-refractivity contribution in [3.8, 4) is 5.75 Å². The van der Waals surface area contributed by atoms with Gasteiger partial charge in [0.1, 0.15) is 11.3 Å². The van der Waals surface area contributed by atoms with Crippen LogP contribution >= 0.6 is 0 Å². The van der Waals surface area contributed by atoms with Gasteiger partial charge < -0.3 is 14.9 Å². The minimum Gasteiger partial charge on any atom is -0.507 e. The Bertz CT molecular complexity index is 695. The smallest absolute Gasteiger partial charge is 0.417 e. The first-order chi connectivity index (χ1) is 10.3. The highest BCUT2D eigenvalue weighted by atomic mass is 32.2. The molecule has 0 aliphatic carbocycles. The number of phenols is 1. The van der Waals surface area contributed by atoms with Crippen molar-refractivity contribution >= 4 is 16.1 Å². The van der Waals surface area contributed by atoms with Crippen LogP contribution in [0.1, 0.15) is 23.7 Å². The number of hydrogen-bond acceptors (Lipinski definition) is 6. The standard InChI is InChI=1S/C12H13F3O7S/c1-11(18,12(13,14)15)4-5-22-10(17)8-6-7(23(19,20)21)2-3-9(8)16/h2-3,6,16,18H,4-5H2,1H3,(H,19,20,21). The van der Waals surface area contributed by atoms with E-state index in [1.807, 2.05) is 0 Å². The van der Waals surface area contributed by atoms with Crippen LogP contribution in [0, 0.1) is 0 Å². The van der Waals surface area contributed by atoms with E-state index in [0.717, 1.165) is 12.1 Å². The fourth-order valence-electron chi connectivity index (χ4n) is 1.40. The quantitative estimate of drug-likeness (QED) is 0.539. The summed E-state index contributed by atoms with van der Waals surface area (Å²) in [5.74, 6) is -2.00. The van der Waals surface area contributed by atoms with E-state index < -0.39 is 57.1 Å². The molecule has 130 valence electrons. The first kappa shape index (κ1) is 19.2. The third kappa shape index (κ3) is 4.81. The number of aliphatic hydroxyl groups is 1. The van der Waals surface area contributed by atoms with Crippen LogP contribution in [0.15, 0.2) is 23.1 Å². The molecular formula is C12H13F3O7S. The molecule has 23 heavy (non-hydrogen) atoms. The van der Waals surface area contributed by atoms with Gasteiger partial charge in [-0.2, -0.15) is 21.6 Å². The fraction of sp³-hybridized carbons (Fsp3) is 0.417. The van der Waals surface area contributed by atoms with E-state index in [1.54, 1.807) is 0 Å². The van der Waals surface area contributed by atoms with Gasteiger partial charge in [0.25, 0.3) is 10.1 Å². The number of rotatable bonds is 5. The average molecular weight is 358 g/mol. The number of phenolic OH excluding ortho intramolecular Hbond substituents is 1. The summed E-state index contributed by atoms with van der Waals surface area (Å²) in [6.45, 7) is -0.335. The van der Waals surface area contributed by atoms with Gasteiger partial charge in [-0.1, -0.05) is 0 Å².